The fourth-order valence-electron chi connectivity index (χ4n) is 3.84. The first-order valence-corrected chi connectivity index (χ1v) is 9.87. The van der Waals surface area contributed by atoms with Crippen LogP contribution >= 0.6 is 24.0 Å². The number of nitrogens with zero attached hydrogens (tertiary/aromatic N) is 3. The summed E-state index contributed by atoms with van der Waals surface area (Å²) >= 11 is 0. The molecule has 0 radical (unpaired) electrons. The van der Waals surface area contributed by atoms with Gasteiger partial charge >= 0.3 is 0 Å². The average Bonchev–Trinajstić information content (AvgIpc) is 3.10. The van der Waals surface area contributed by atoms with Crippen LogP contribution in [-0.2, 0) is 4.79 Å². The summed E-state index contributed by atoms with van der Waals surface area (Å²) in [5, 5.41) is 3.38. The van der Waals surface area contributed by atoms with E-state index in [-0.39, 0.29) is 29.9 Å². The SMILES string of the molecule is CCNC(=NCCC(=O)N1CCCC1)N(C)CC1CCC(C)CC1.I. The first-order valence-electron chi connectivity index (χ1n) is 9.87. The Balaban J connectivity index is 0.00000312. The highest BCUT2D eigenvalue weighted by atomic mass is 127. The molecule has 2 aliphatic rings. The van der Waals surface area contributed by atoms with Crippen molar-refractivity contribution < 1.29 is 4.79 Å². The Hall–Kier alpha value is -0.530. The van der Waals surface area contributed by atoms with Crippen LogP contribution in [0, 0.1) is 11.8 Å². The Bertz CT molecular complexity index is 416. The molecule has 146 valence electrons. The number of likely N-dealkylation sites (tertiary alicyclic amines) is 1. The number of aliphatic imine (C=N–C) groups is 1. The van der Waals surface area contributed by atoms with Crippen LogP contribution in [0.25, 0.3) is 0 Å². The van der Waals surface area contributed by atoms with E-state index in [2.05, 4.69) is 36.1 Å². The second kappa shape index (κ2) is 12.0. The van der Waals surface area contributed by atoms with E-state index in [1.807, 2.05) is 4.90 Å². The lowest BCUT2D eigenvalue weighted by atomic mass is 9.83. The van der Waals surface area contributed by atoms with Gasteiger partial charge in [0.05, 0.1) is 6.54 Å². The van der Waals surface area contributed by atoms with E-state index in [4.69, 9.17) is 0 Å². The quantitative estimate of drug-likeness (QED) is 0.373. The number of halogens is 1. The maximum atomic E-state index is 12.1. The molecule has 0 bridgehead atoms. The molecule has 1 aliphatic carbocycles. The van der Waals surface area contributed by atoms with Crippen molar-refractivity contribution in [1.82, 2.24) is 15.1 Å². The van der Waals surface area contributed by atoms with Crippen LogP contribution in [0.3, 0.4) is 0 Å². The summed E-state index contributed by atoms with van der Waals surface area (Å²) in [7, 11) is 2.13. The average molecular weight is 464 g/mol. The molecule has 0 aromatic rings. The number of carbonyl (C=O) groups is 1. The summed E-state index contributed by atoms with van der Waals surface area (Å²) in [6, 6.07) is 0. The van der Waals surface area contributed by atoms with Crippen molar-refractivity contribution >= 4 is 35.8 Å². The van der Waals surface area contributed by atoms with Gasteiger partial charge in [0.15, 0.2) is 5.96 Å². The Morgan fingerprint density at radius 2 is 1.84 bits per heavy atom. The lowest BCUT2D eigenvalue weighted by Gasteiger charge is -2.31. The summed E-state index contributed by atoms with van der Waals surface area (Å²) in [5.41, 5.74) is 0. The first kappa shape index (κ1) is 22.5. The molecule has 1 aliphatic heterocycles. The Morgan fingerprint density at radius 1 is 1.20 bits per heavy atom. The number of rotatable bonds is 6. The number of nitrogens with one attached hydrogen (secondary N) is 1. The molecular formula is C19H37IN4O. The van der Waals surface area contributed by atoms with E-state index in [0.29, 0.717) is 13.0 Å². The topological polar surface area (TPSA) is 47.9 Å². The van der Waals surface area contributed by atoms with Gasteiger partial charge in [-0.2, -0.15) is 0 Å². The van der Waals surface area contributed by atoms with Gasteiger partial charge in [0.25, 0.3) is 0 Å². The molecule has 2 rings (SSSR count). The van der Waals surface area contributed by atoms with Crippen LogP contribution in [0.1, 0.15) is 58.8 Å². The van der Waals surface area contributed by atoms with Crippen LogP contribution < -0.4 is 5.32 Å². The monoisotopic (exact) mass is 464 g/mol. The minimum atomic E-state index is 0. The summed E-state index contributed by atoms with van der Waals surface area (Å²) in [5.74, 6) is 2.88. The van der Waals surface area contributed by atoms with Crippen molar-refractivity contribution in [2.24, 2.45) is 16.8 Å². The van der Waals surface area contributed by atoms with E-state index >= 15 is 0 Å². The van der Waals surface area contributed by atoms with Crippen LogP contribution in [0.15, 0.2) is 4.99 Å². The molecular weight excluding hydrogens is 427 g/mol. The molecule has 0 atom stereocenters. The second-order valence-electron chi connectivity index (χ2n) is 7.58. The van der Waals surface area contributed by atoms with E-state index in [0.717, 1.165) is 56.8 Å². The number of guanidine groups is 1. The summed E-state index contributed by atoms with van der Waals surface area (Å²) in [6.45, 7) is 8.85. The van der Waals surface area contributed by atoms with Crippen molar-refractivity contribution in [3.05, 3.63) is 0 Å². The predicted octanol–water partition coefficient (Wildman–Crippen LogP) is 3.34. The van der Waals surface area contributed by atoms with Crippen molar-refractivity contribution in [2.75, 3.05) is 39.8 Å². The Kier molecular flexibility index (Phi) is 10.8. The van der Waals surface area contributed by atoms with Gasteiger partial charge in [0.1, 0.15) is 0 Å². The smallest absolute Gasteiger partial charge is 0.224 e. The van der Waals surface area contributed by atoms with Gasteiger partial charge in [-0.3, -0.25) is 9.79 Å². The molecule has 1 heterocycles. The van der Waals surface area contributed by atoms with E-state index in [9.17, 15) is 4.79 Å². The second-order valence-corrected chi connectivity index (χ2v) is 7.58. The molecule has 0 aromatic carbocycles. The van der Waals surface area contributed by atoms with Crippen LogP contribution in [0.4, 0.5) is 0 Å². The Morgan fingerprint density at radius 3 is 2.44 bits per heavy atom. The summed E-state index contributed by atoms with van der Waals surface area (Å²) in [4.78, 5) is 21.0. The minimum Gasteiger partial charge on any atom is -0.357 e. The fraction of sp³-hybridized carbons (Fsp3) is 0.895. The molecule has 0 spiro atoms. The standard InChI is InChI=1S/C19H36N4O.HI/c1-4-20-19(21-12-11-18(24)23-13-5-6-14-23)22(3)15-17-9-7-16(2)8-10-17;/h16-17H,4-15H2,1-3H3,(H,20,21);1H. The van der Waals surface area contributed by atoms with Gasteiger partial charge in [-0.05, 0) is 44.4 Å². The number of amides is 1. The predicted molar refractivity (Wildman–Crippen MR) is 116 cm³/mol. The van der Waals surface area contributed by atoms with Gasteiger partial charge in [-0.1, -0.05) is 19.8 Å². The van der Waals surface area contributed by atoms with E-state index in [1.54, 1.807) is 0 Å². The third-order valence-electron chi connectivity index (χ3n) is 5.41. The van der Waals surface area contributed by atoms with Crippen LogP contribution in [-0.4, -0.2) is 61.4 Å². The van der Waals surface area contributed by atoms with Gasteiger partial charge in [-0.25, -0.2) is 0 Å². The highest BCUT2D eigenvalue weighted by Crippen LogP contribution is 2.28. The molecule has 2 fully saturated rings. The molecule has 0 unspecified atom stereocenters. The normalized spacial score (nSPS) is 24.0. The zero-order valence-electron chi connectivity index (χ0n) is 16.3. The third-order valence-corrected chi connectivity index (χ3v) is 5.41. The lowest BCUT2D eigenvalue weighted by Crippen LogP contribution is -2.42. The molecule has 1 N–H and O–H groups in total. The minimum absolute atomic E-state index is 0. The van der Waals surface area contributed by atoms with E-state index in [1.165, 1.54) is 25.7 Å². The molecule has 1 saturated carbocycles. The first-order chi connectivity index (χ1) is 11.6. The van der Waals surface area contributed by atoms with E-state index < -0.39 is 0 Å². The summed E-state index contributed by atoms with van der Waals surface area (Å²) in [6.07, 6.45) is 8.22. The van der Waals surface area contributed by atoms with Gasteiger partial charge in [0.2, 0.25) is 5.91 Å². The Labute approximate surface area is 171 Å². The molecule has 0 aromatic heterocycles. The van der Waals surface area contributed by atoms with Gasteiger partial charge in [0, 0.05) is 39.6 Å². The molecule has 1 amide bonds. The summed E-state index contributed by atoms with van der Waals surface area (Å²) < 4.78 is 0. The molecule has 6 heteroatoms. The number of carbonyl (C=O) groups excluding carboxylic acids is 1. The van der Waals surface area contributed by atoms with Gasteiger partial charge in [-0.15, -0.1) is 24.0 Å². The number of hydrogen-bond acceptors (Lipinski definition) is 2. The molecule has 5 nitrogen and oxygen atoms in total. The van der Waals surface area contributed by atoms with Gasteiger partial charge < -0.3 is 15.1 Å². The maximum Gasteiger partial charge on any atom is 0.224 e. The maximum absolute atomic E-state index is 12.1. The van der Waals surface area contributed by atoms with Crippen LogP contribution in [0.5, 0.6) is 0 Å². The number of hydrogen-bond donors (Lipinski definition) is 1. The van der Waals surface area contributed by atoms with Crippen molar-refractivity contribution in [3.8, 4) is 0 Å². The van der Waals surface area contributed by atoms with Crippen molar-refractivity contribution in [3.63, 3.8) is 0 Å². The lowest BCUT2D eigenvalue weighted by molar-refractivity contribution is -0.129. The third kappa shape index (κ3) is 7.71. The van der Waals surface area contributed by atoms with Crippen LogP contribution in [0.2, 0.25) is 0 Å². The van der Waals surface area contributed by atoms with Crippen molar-refractivity contribution in [2.45, 2.75) is 58.8 Å². The largest absolute Gasteiger partial charge is 0.357 e. The zero-order valence-corrected chi connectivity index (χ0v) is 18.6. The molecule has 1 saturated heterocycles. The zero-order chi connectivity index (χ0) is 17.4. The van der Waals surface area contributed by atoms with Crippen molar-refractivity contribution in [1.29, 1.82) is 0 Å². The highest BCUT2D eigenvalue weighted by molar-refractivity contribution is 14.0. The fourth-order valence-corrected chi connectivity index (χ4v) is 3.84. The molecule has 25 heavy (non-hydrogen) atoms. The highest BCUT2D eigenvalue weighted by Gasteiger charge is 2.21.